The van der Waals surface area contributed by atoms with Crippen LogP contribution in [0.4, 0.5) is 9.59 Å². The summed E-state index contributed by atoms with van der Waals surface area (Å²) in [4.78, 5) is 84.3. The summed E-state index contributed by atoms with van der Waals surface area (Å²) >= 11 is 0. The Bertz CT molecular complexity index is 1570. The third kappa shape index (κ3) is 21.5. The van der Waals surface area contributed by atoms with Crippen LogP contribution in [0.25, 0.3) is 0 Å². The van der Waals surface area contributed by atoms with Crippen LogP contribution >= 0.6 is 0 Å². The first kappa shape index (κ1) is 53.7. The van der Waals surface area contributed by atoms with Crippen LogP contribution in [-0.4, -0.2) is 144 Å². The largest absolute Gasteiger partial charge is 0.509 e. The molecule has 0 radical (unpaired) electrons. The predicted octanol–water partition coefficient (Wildman–Crippen LogP) is 6.00. The quantitative estimate of drug-likeness (QED) is 0.0766. The van der Waals surface area contributed by atoms with Crippen molar-refractivity contribution in [2.45, 2.75) is 163 Å². The van der Waals surface area contributed by atoms with Crippen LogP contribution in [-0.2, 0) is 58.9 Å². The number of esters is 4. The summed E-state index contributed by atoms with van der Waals surface area (Å²) in [5.74, 6) is -2.10. The number of carbonyl (C=O) groups excluding carboxylic acids is 6. The minimum Gasteiger partial charge on any atom is -0.465 e. The molecule has 352 valence electrons. The first-order valence-electron chi connectivity index (χ1n) is 21.8. The molecule has 1 aromatic rings. The number of likely N-dealkylation sites (tertiary alicyclic amines) is 1. The van der Waals surface area contributed by atoms with Gasteiger partial charge in [-0.15, -0.1) is 0 Å². The van der Waals surface area contributed by atoms with Gasteiger partial charge in [-0.1, -0.05) is 30.3 Å². The molecule has 17 heteroatoms. The minimum atomic E-state index is -0.914. The number of carbonyl (C=O) groups is 6. The highest BCUT2D eigenvalue weighted by Crippen LogP contribution is 2.32. The number of nitrogens with one attached hydrogen (secondary N) is 1. The number of ether oxygens (including phenoxy) is 7. The Morgan fingerprint density at radius 1 is 0.742 bits per heavy atom. The average molecular weight is 879 g/mol. The number of nitrogens with zero attached hydrogens (tertiary/aromatic N) is 3. The molecule has 1 N–H and O–H groups in total. The third-order valence-electron chi connectivity index (χ3n) is 9.30. The second-order valence-corrected chi connectivity index (χ2v) is 18.3. The van der Waals surface area contributed by atoms with E-state index in [4.69, 9.17) is 33.2 Å². The zero-order chi connectivity index (χ0) is 46.7. The van der Waals surface area contributed by atoms with Gasteiger partial charge in [0.15, 0.2) is 6.23 Å². The number of unbranched alkanes of at least 4 members (excludes halogenated alkanes) is 1. The second kappa shape index (κ2) is 25.6. The van der Waals surface area contributed by atoms with E-state index in [-0.39, 0.29) is 59.0 Å². The lowest BCUT2D eigenvalue weighted by Crippen LogP contribution is -2.54. The van der Waals surface area contributed by atoms with Gasteiger partial charge in [0.2, 0.25) is 0 Å². The maximum Gasteiger partial charge on any atom is 0.509 e. The van der Waals surface area contributed by atoms with Gasteiger partial charge < -0.3 is 38.5 Å². The molecule has 1 amide bonds. The van der Waals surface area contributed by atoms with E-state index in [0.717, 1.165) is 5.56 Å². The van der Waals surface area contributed by atoms with E-state index in [1.165, 1.54) is 0 Å². The Kier molecular flexibility index (Phi) is 22.1. The monoisotopic (exact) mass is 879 g/mol. The summed E-state index contributed by atoms with van der Waals surface area (Å²) in [6, 6.07) is 7.04. The molecule has 17 nitrogen and oxygen atoms in total. The molecule has 1 heterocycles. The molecule has 1 aliphatic rings. The lowest BCUT2D eigenvalue weighted by atomic mass is 10.1. The number of amides is 1. The van der Waals surface area contributed by atoms with Crippen LogP contribution in [0.3, 0.4) is 0 Å². The van der Waals surface area contributed by atoms with E-state index in [9.17, 15) is 28.8 Å². The molecule has 0 spiro atoms. The molecule has 1 fully saturated rings. The fourth-order valence-corrected chi connectivity index (χ4v) is 6.79. The minimum absolute atomic E-state index is 0.00911. The normalized spacial score (nSPS) is 16.9. The highest BCUT2D eigenvalue weighted by Gasteiger charge is 2.45. The Morgan fingerprint density at radius 3 is 1.92 bits per heavy atom. The van der Waals surface area contributed by atoms with Gasteiger partial charge in [-0.2, -0.15) is 0 Å². The van der Waals surface area contributed by atoms with Crippen molar-refractivity contribution in [2.24, 2.45) is 0 Å². The SMILES string of the molecule is CCOC(=O)O[C@@H]1CC[C@@H](CN(CCN(CC(=O)OC(C)(C)C)[C@H](C)C(=O)OCC)CC(=O)OC(C)(C)C)N1C(CCCCNC(=O)OC(C)(C)C)C(=O)OCc1ccccc1. The van der Waals surface area contributed by atoms with Gasteiger partial charge in [0.1, 0.15) is 35.5 Å². The Hall–Kier alpha value is -4.48. The van der Waals surface area contributed by atoms with Crippen LogP contribution in [0.1, 0.15) is 121 Å². The highest BCUT2D eigenvalue weighted by atomic mass is 16.7. The summed E-state index contributed by atoms with van der Waals surface area (Å²) in [5, 5.41) is 2.75. The first-order chi connectivity index (χ1) is 28.9. The first-order valence-corrected chi connectivity index (χ1v) is 21.8. The van der Waals surface area contributed by atoms with Gasteiger partial charge in [-0.05, 0) is 114 Å². The van der Waals surface area contributed by atoms with Crippen molar-refractivity contribution in [1.82, 2.24) is 20.0 Å². The fourth-order valence-electron chi connectivity index (χ4n) is 6.79. The van der Waals surface area contributed by atoms with Crippen molar-refractivity contribution < 1.29 is 61.9 Å². The molecule has 0 aliphatic carbocycles. The zero-order valence-corrected chi connectivity index (χ0v) is 39.2. The average Bonchev–Trinajstić information content (AvgIpc) is 3.52. The van der Waals surface area contributed by atoms with Crippen LogP contribution in [0, 0.1) is 0 Å². The number of hydrogen-bond acceptors (Lipinski definition) is 16. The molecule has 0 aromatic heterocycles. The third-order valence-corrected chi connectivity index (χ3v) is 9.30. The van der Waals surface area contributed by atoms with Crippen molar-refractivity contribution in [3.05, 3.63) is 35.9 Å². The smallest absolute Gasteiger partial charge is 0.465 e. The maximum atomic E-state index is 14.3. The molecule has 2 rings (SSSR count). The number of alkyl carbamates (subject to hydrolysis) is 1. The molecule has 1 aliphatic heterocycles. The standard InChI is InChI=1S/C45H74N4O13/c1-13-56-39(52)32(3)48(30-38(51)61-44(7,8)9)27-26-47(29-37(50)60-43(4,5)6)28-34-23-24-36(59-42(55)57-14-2)49(34)35(40(53)58-31-33-20-16-15-17-21-33)22-18-19-25-46-41(54)62-45(10,11)12/h15-17,20-21,32,34-36H,13-14,18-19,22-31H2,1-12H3,(H,46,54)/t32-,34+,35?,36-/m1/s1. The molecule has 0 bridgehead atoms. The topological polar surface area (TPSA) is 189 Å². The summed E-state index contributed by atoms with van der Waals surface area (Å²) in [6.45, 7) is 21.6. The lowest BCUT2D eigenvalue weighted by molar-refractivity contribution is -0.161. The molecule has 0 saturated carbocycles. The summed E-state index contributed by atoms with van der Waals surface area (Å²) in [7, 11) is 0. The summed E-state index contributed by atoms with van der Waals surface area (Å²) in [5.41, 5.74) is -1.42. The van der Waals surface area contributed by atoms with E-state index in [1.54, 1.807) is 88.0 Å². The number of hydrogen-bond donors (Lipinski definition) is 1. The summed E-state index contributed by atoms with van der Waals surface area (Å²) < 4.78 is 38.9. The zero-order valence-electron chi connectivity index (χ0n) is 39.2. The Morgan fingerprint density at radius 2 is 1.34 bits per heavy atom. The van der Waals surface area contributed by atoms with E-state index in [0.29, 0.717) is 32.2 Å². The van der Waals surface area contributed by atoms with Crippen LogP contribution < -0.4 is 5.32 Å². The van der Waals surface area contributed by atoms with E-state index in [1.807, 2.05) is 40.1 Å². The Labute approximate surface area is 368 Å². The molecule has 1 aromatic carbocycles. The number of rotatable bonds is 23. The van der Waals surface area contributed by atoms with Gasteiger partial charge >= 0.3 is 36.1 Å². The van der Waals surface area contributed by atoms with E-state index >= 15 is 0 Å². The molecule has 4 atom stereocenters. The molecule has 1 saturated heterocycles. The highest BCUT2D eigenvalue weighted by molar-refractivity contribution is 5.78. The fraction of sp³-hybridized carbons (Fsp3) is 0.733. The van der Waals surface area contributed by atoms with Gasteiger partial charge in [0.25, 0.3) is 0 Å². The van der Waals surface area contributed by atoms with Crippen molar-refractivity contribution in [3.63, 3.8) is 0 Å². The molecular weight excluding hydrogens is 805 g/mol. The molecule has 62 heavy (non-hydrogen) atoms. The van der Waals surface area contributed by atoms with Gasteiger partial charge in [-0.25, -0.2) is 9.59 Å². The second-order valence-electron chi connectivity index (χ2n) is 18.3. The van der Waals surface area contributed by atoms with Crippen molar-refractivity contribution in [3.8, 4) is 0 Å². The van der Waals surface area contributed by atoms with Crippen LogP contribution in [0.2, 0.25) is 0 Å². The van der Waals surface area contributed by atoms with Gasteiger partial charge in [-0.3, -0.25) is 33.9 Å². The Balaban J connectivity index is 2.53. The molecule has 1 unspecified atom stereocenters. The summed E-state index contributed by atoms with van der Waals surface area (Å²) in [6.07, 6.45) is -0.277. The maximum absolute atomic E-state index is 14.3. The number of benzene rings is 1. The van der Waals surface area contributed by atoms with Gasteiger partial charge in [0.05, 0.1) is 26.3 Å². The van der Waals surface area contributed by atoms with Crippen molar-refractivity contribution in [2.75, 3.05) is 52.5 Å². The van der Waals surface area contributed by atoms with E-state index < -0.39 is 77.3 Å². The van der Waals surface area contributed by atoms with Crippen LogP contribution in [0.15, 0.2) is 30.3 Å². The van der Waals surface area contributed by atoms with Gasteiger partial charge in [0, 0.05) is 38.6 Å². The predicted molar refractivity (Wildman–Crippen MR) is 231 cm³/mol. The molecular formula is C45H74N4O13. The van der Waals surface area contributed by atoms with E-state index in [2.05, 4.69) is 5.32 Å². The lowest BCUT2D eigenvalue weighted by Gasteiger charge is -2.38. The van der Waals surface area contributed by atoms with Crippen molar-refractivity contribution in [1.29, 1.82) is 0 Å². The van der Waals surface area contributed by atoms with Crippen LogP contribution in [0.5, 0.6) is 0 Å². The van der Waals surface area contributed by atoms with Crippen molar-refractivity contribution >= 4 is 36.1 Å².